The number of carbonyl (C=O) groups excluding carboxylic acids is 2. The third-order valence-corrected chi connectivity index (χ3v) is 5.13. The SMILES string of the molecule is NC(=O)[C@H]1CCCN(CCNC(=O)c2ccc(N3CCOCC3)cc2)C1. The number of anilines is 1. The topological polar surface area (TPSA) is 87.9 Å². The minimum absolute atomic E-state index is 0.0628. The van der Waals surface area contributed by atoms with Crippen LogP contribution in [0.1, 0.15) is 23.2 Å². The van der Waals surface area contributed by atoms with Crippen molar-refractivity contribution in [3.63, 3.8) is 0 Å². The van der Waals surface area contributed by atoms with Crippen LogP contribution in [-0.4, -0.2) is 69.2 Å². The molecule has 0 unspecified atom stereocenters. The number of benzene rings is 1. The molecule has 2 saturated heterocycles. The normalized spacial score (nSPS) is 21.4. The predicted octanol–water partition coefficient (Wildman–Crippen LogP) is 0.450. The Morgan fingerprint density at radius 3 is 2.58 bits per heavy atom. The number of nitrogens with zero attached hydrogens (tertiary/aromatic N) is 2. The summed E-state index contributed by atoms with van der Waals surface area (Å²) in [5.41, 5.74) is 7.19. The number of nitrogens with one attached hydrogen (secondary N) is 1. The van der Waals surface area contributed by atoms with Crippen LogP contribution >= 0.6 is 0 Å². The lowest BCUT2D eigenvalue weighted by molar-refractivity contribution is -0.123. The average molecular weight is 360 g/mol. The van der Waals surface area contributed by atoms with Crippen molar-refractivity contribution in [3.8, 4) is 0 Å². The van der Waals surface area contributed by atoms with E-state index in [1.807, 2.05) is 24.3 Å². The number of nitrogens with two attached hydrogens (primary N) is 1. The molecule has 7 heteroatoms. The van der Waals surface area contributed by atoms with E-state index in [2.05, 4.69) is 15.1 Å². The molecule has 0 bridgehead atoms. The summed E-state index contributed by atoms with van der Waals surface area (Å²) in [6, 6.07) is 7.71. The Bertz CT molecular complexity index is 614. The Kier molecular flexibility index (Phi) is 6.46. The van der Waals surface area contributed by atoms with Crippen molar-refractivity contribution in [1.29, 1.82) is 0 Å². The average Bonchev–Trinajstić information content (AvgIpc) is 2.69. The van der Waals surface area contributed by atoms with Gasteiger partial charge in [0.25, 0.3) is 5.91 Å². The van der Waals surface area contributed by atoms with Crippen molar-refractivity contribution in [1.82, 2.24) is 10.2 Å². The molecule has 3 rings (SSSR count). The van der Waals surface area contributed by atoms with Gasteiger partial charge in [-0.3, -0.25) is 9.59 Å². The number of amides is 2. The summed E-state index contributed by atoms with van der Waals surface area (Å²) >= 11 is 0. The van der Waals surface area contributed by atoms with Gasteiger partial charge in [-0.25, -0.2) is 0 Å². The lowest BCUT2D eigenvalue weighted by Gasteiger charge is -2.31. The molecule has 7 nitrogen and oxygen atoms in total. The van der Waals surface area contributed by atoms with Gasteiger partial charge in [0.1, 0.15) is 0 Å². The zero-order valence-electron chi connectivity index (χ0n) is 15.2. The summed E-state index contributed by atoms with van der Waals surface area (Å²) in [4.78, 5) is 28.1. The van der Waals surface area contributed by atoms with E-state index in [0.717, 1.165) is 57.9 Å². The van der Waals surface area contributed by atoms with Crippen molar-refractivity contribution >= 4 is 17.5 Å². The highest BCUT2D eigenvalue weighted by Gasteiger charge is 2.23. The molecule has 1 atom stereocenters. The summed E-state index contributed by atoms with van der Waals surface area (Å²) < 4.78 is 5.36. The van der Waals surface area contributed by atoms with Crippen LogP contribution in [0.3, 0.4) is 0 Å². The van der Waals surface area contributed by atoms with Gasteiger partial charge in [-0.05, 0) is 43.7 Å². The van der Waals surface area contributed by atoms with Crippen LogP contribution < -0.4 is 16.0 Å². The number of ether oxygens (including phenoxy) is 1. The Balaban J connectivity index is 1.44. The van der Waals surface area contributed by atoms with Crippen LogP contribution in [0.5, 0.6) is 0 Å². The molecule has 0 aliphatic carbocycles. The van der Waals surface area contributed by atoms with Gasteiger partial charge in [0, 0.05) is 44.0 Å². The van der Waals surface area contributed by atoms with Crippen LogP contribution in [0.25, 0.3) is 0 Å². The van der Waals surface area contributed by atoms with Crippen LogP contribution in [0.15, 0.2) is 24.3 Å². The number of primary amides is 1. The lowest BCUT2D eigenvalue weighted by Crippen LogP contribution is -2.44. The maximum atomic E-state index is 12.3. The van der Waals surface area contributed by atoms with E-state index in [1.54, 1.807) is 0 Å². The molecule has 1 aromatic rings. The zero-order chi connectivity index (χ0) is 18.4. The fraction of sp³-hybridized carbons (Fsp3) is 0.579. The van der Waals surface area contributed by atoms with Crippen molar-refractivity contribution in [2.75, 3.05) is 57.4 Å². The molecule has 0 radical (unpaired) electrons. The summed E-state index contributed by atoms with van der Waals surface area (Å²) in [6.45, 7) is 6.20. The molecule has 1 aromatic carbocycles. The first-order valence-electron chi connectivity index (χ1n) is 9.36. The molecular weight excluding hydrogens is 332 g/mol. The molecule has 2 heterocycles. The number of rotatable bonds is 6. The second kappa shape index (κ2) is 9.00. The number of hydrogen-bond acceptors (Lipinski definition) is 5. The van der Waals surface area contributed by atoms with Gasteiger partial charge in [0.05, 0.1) is 19.1 Å². The Labute approximate surface area is 154 Å². The molecule has 2 aliphatic rings. The van der Waals surface area contributed by atoms with E-state index in [0.29, 0.717) is 18.7 Å². The fourth-order valence-electron chi connectivity index (χ4n) is 3.57. The smallest absolute Gasteiger partial charge is 0.251 e. The molecule has 0 aromatic heterocycles. The van der Waals surface area contributed by atoms with E-state index >= 15 is 0 Å². The van der Waals surface area contributed by atoms with Gasteiger partial charge >= 0.3 is 0 Å². The number of carbonyl (C=O) groups is 2. The van der Waals surface area contributed by atoms with Crippen LogP contribution in [0, 0.1) is 5.92 Å². The lowest BCUT2D eigenvalue weighted by atomic mass is 9.97. The van der Waals surface area contributed by atoms with E-state index in [9.17, 15) is 9.59 Å². The van der Waals surface area contributed by atoms with Crippen LogP contribution in [0.2, 0.25) is 0 Å². The first-order valence-corrected chi connectivity index (χ1v) is 9.36. The summed E-state index contributed by atoms with van der Waals surface area (Å²) in [6.07, 6.45) is 1.85. The monoisotopic (exact) mass is 360 g/mol. The van der Waals surface area contributed by atoms with Gasteiger partial charge in [-0.2, -0.15) is 0 Å². The predicted molar refractivity (Wildman–Crippen MR) is 100 cm³/mol. The zero-order valence-corrected chi connectivity index (χ0v) is 15.2. The first-order chi connectivity index (χ1) is 12.6. The van der Waals surface area contributed by atoms with Gasteiger partial charge in [-0.1, -0.05) is 0 Å². The molecule has 2 aliphatic heterocycles. The molecule has 0 spiro atoms. The third-order valence-electron chi connectivity index (χ3n) is 5.13. The van der Waals surface area contributed by atoms with E-state index in [-0.39, 0.29) is 17.7 Å². The number of hydrogen-bond donors (Lipinski definition) is 2. The number of likely N-dealkylation sites (tertiary alicyclic amines) is 1. The highest BCUT2D eigenvalue weighted by Crippen LogP contribution is 2.17. The second-order valence-corrected chi connectivity index (χ2v) is 6.94. The van der Waals surface area contributed by atoms with Gasteiger partial charge < -0.3 is 25.6 Å². The molecular formula is C19H28N4O3. The van der Waals surface area contributed by atoms with Crippen molar-refractivity contribution in [2.45, 2.75) is 12.8 Å². The first kappa shape index (κ1) is 18.7. The Morgan fingerprint density at radius 2 is 1.88 bits per heavy atom. The summed E-state index contributed by atoms with van der Waals surface area (Å²) in [5.74, 6) is -0.353. The Hall–Kier alpha value is -2.12. The molecule has 2 amide bonds. The molecule has 0 saturated carbocycles. The van der Waals surface area contributed by atoms with E-state index in [1.165, 1.54) is 0 Å². The minimum Gasteiger partial charge on any atom is -0.378 e. The molecule has 2 fully saturated rings. The highest BCUT2D eigenvalue weighted by atomic mass is 16.5. The van der Waals surface area contributed by atoms with Crippen LogP contribution in [0.4, 0.5) is 5.69 Å². The minimum atomic E-state index is -0.223. The summed E-state index contributed by atoms with van der Waals surface area (Å²) in [5, 5.41) is 2.96. The van der Waals surface area contributed by atoms with Gasteiger partial charge in [-0.15, -0.1) is 0 Å². The second-order valence-electron chi connectivity index (χ2n) is 6.94. The standard InChI is InChI=1S/C19H28N4O3/c20-18(24)16-2-1-8-22(14-16)9-7-21-19(25)15-3-5-17(6-4-15)23-10-12-26-13-11-23/h3-6,16H,1-2,7-14H2,(H2,20,24)(H,21,25)/t16-/m0/s1. The molecule has 3 N–H and O–H groups in total. The summed E-state index contributed by atoms with van der Waals surface area (Å²) in [7, 11) is 0. The number of morpholine rings is 1. The number of piperidine rings is 1. The van der Waals surface area contributed by atoms with Gasteiger partial charge in [0.2, 0.25) is 5.91 Å². The fourth-order valence-corrected chi connectivity index (χ4v) is 3.57. The van der Waals surface area contributed by atoms with Crippen molar-refractivity contribution in [2.24, 2.45) is 11.7 Å². The Morgan fingerprint density at radius 1 is 1.15 bits per heavy atom. The maximum absolute atomic E-state index is 12.3. The van der Waals surface area contributed by atoms with Crippen molar-refractivity contribution in [3.05, 3.63) is 29.8 Å². The largest absolute Gasteiger partial charge is 0.378 e. The van der Waals surface area contributed by atoms with Crippen molar-refractivity contribution < 1.29 is 14.3 Å². The molecule has 142 valence electrons. The van der Waals surface area contributed by atoms with Crippen LogP contribution in [-0.2, 0) is 9.53 Å². The van der Waals surface area contributed by atoms with Gasteiger partial charge in [0.15, 0.2) is 0 Å². The highest BCUT2D eigenvalue weighted by molar-refractivity contribution is 5.94. The van der Waals surface area contributed by atoms with E-state index in [4.69, 9.17) is 10.5 Å². The molecule has 26 heavy (non-hydrogen) atoms. The third kappa shape index (κ3) is 4.95. The quantitative estimate of drug-likeness (QED) is 0.769. The maximum Gasteiger partial charge on any atom is 0.251 e. The van der Waals surface area contributed by atoms with E-state index < -0.39 is 0 Å².